The monoisotopic (exact) mass is 459 g/mol. The molecule has 2 N–H and O–H groups in total. The molecule has 1 aliphatic rings. The first-order valence-corrected chi connectivity index (χ1v) is 12.1. The third-order valence-electron chi connectivity index (χ3n) is 6.31. The fraction of sp³-hybridized carbons (Fsp3) is 0.269. The number of H-pyrrole nitrogens is 1. The zero-order valence-electron chi connectivity index (χ0n) is 18.2. The van der Waals surface area contributed by atoms with E-state index in [1.165, 1.54) is 28.5 Å². The molecule has 0 fully saturated rings. The topological polar surface area (TPSA) is 84.0 Å². The summed E-state index contributed by atoms with van der Waals surface area (Å²) in [6.45, 7) is 0.184. The lowest BCUT2D eigenvalue weighted by molar-refractivity contribution is -0.121. The molecule has 0 bridgehead atoms. The first-order chi connectivity index (χ1) is 16.1. The number of benzene rings is 2. The van der Waals surface area contributed by atoms with Crippen LogP contribution in [-0.2, 0) is 24.2 Å². The van der Waals surface area contributed by atoms with Crippen molar-refractivity contribution >= 4 is 28.1 Å². The van der Waals surface area contributed by atoms with Gasteiger partial charge in [-0.3, -0.25) is 19.1 Å². The van der Waals surface area contributed by atoms with Crippen LogP contribution in [0.15, 0.2) is 69.6 Å². The molecular formula is C26H25N3O3S. The van der Waals surface area contributed by atoms with Crippen LogP contribution in [0.3, 0.4) is 0 Å². The lowest BCUT2D eigenvalue weighted by Crippen LogP contribution is -2.33. The Labute approximate surface area is 194 Å². The van der Waals surface area contributed by atoms with E-state index in [1.807, 2.05) is 17.5 Å². The van der Waals surface area contributed by atoms with E-state index >= 15 is 0 Å². The molecule has 1 amide bonds. The van der Waals surface area contributed by atoms with Gasteiger partial charge in [-0.1, -0.05) is 36.4 Å². The molecule has 0 saturated carbocycles. The van der Waals surface area contributed by atoms with Crippen LogP contribution >= 0.6 is 11.3 Å². The summed E-state index contributed by atoms with van der Waals surface area (Å²) < 4.78 is 1.45. The number of nitrogens with one attached hydrogen (secondary N) is 2. The van der Waals surface area contributed by atoms with Crippen LogP contribution in [-0.4, -0.2) is 15.5 Å². The van der Waals surface area contributed by atoms with Crippen LogP contribution < -0.4 is 16.6 Å². The van der Waals surface area contributed by atoms with Crippen molar-refractivity contribution in [3.8, 4) is 0 Å². The normalized spacial score (nSPS) is 14.1. The van der Waals surface area contributed by atoms with E-state index < -0.39 is 11.2 Å². The van der Waals surface area contributed by atoms with Crippen molar-refractivity contribution in [3.05, 3.63) is 102 Å². The standard InChI is InChI=1S/C26H25N3O3S/c30-23(13-14-29-21-9-4-3-8-20(21)25(31)28-26(29)32)27-24(22-10-5-15-33-22)19-12-11-17-6-1-2-7-18(17)16-19/h3-5,8-12,15-16,24H,1-2,6-7,13-14H2,(H,27,30)(H,28,31,32). The number of aromatic nitrogens is 2. The van der Waals surface area contributed by atoms with Gasteiger partial charge < -0.3 is 5.32 Å². The molecule has 0 saturated heterocycles. The molecule has 4 aromatic rings. The Morgan fingerprint density at radius 3 is 2.67 bits per heavy atom. The Balaban J connectivity index is 1.38. The van der Waals surface area contributed by atoms with E-state index in [1.54, 1.807) is 35.6 Å². The van der Waals surface area contributed by atoms with Crippen LogP contribution in [0.2, 0.25) is 0 Å². The van der Waals surface area contributed by atoms with Gasteiger partial charge >= 0.3 is 5.69 Å². The van der Waals surface area contributed by atoms with Crippen LogP contribution in [0.25, 0.3) is 10.9 Å². The zero-order valence-corrected chi connectivity index (χ0v) is 19.0. The molecular weight excluding hydrogens is 434 g/mol. The number of hydrogen-bond acceptors (Lipinski definition) is 4. The molecule has 33 heavy (non-hydrogen) atoms. The lowest BCUT2D eigenvalue weighted by atomic mass is 9.89. The van der Waals surface area contributed by atoms with Gasteiger partial charge in [-0.15, -0.1) is 11.3 Å². The molecule has 6 nitrogen and oxygen atoms in total. The minimum atomic E-state index is -0.504. The van der Waals surface area contributed by atoms with Crippen molar-refractivity contribution in [1.82, 2.24) is 14.9 Å². The molecule has 0 aliphatic heterocycles. The Hall–Kier alpha value is -3.45. The molecule has 1 aliphatic carbocycles. The smallest absolute Gasteiger partial charge is 0.328 e. The highest BCUT2D eigenvalue weighted by atomic mass is 32.1. The molecule has 2 aromatic heterocycles. The second kappa shape index (κ2) is 9.19. The summed E-state index contributed by atoms with van der Waals surface area (Å²) in [5.41, 5.74) is 3.48. The minimum absolute atomic E-state index is 0.128. The van der Waals surface area contributed by atoms with Crippen LogP contribution in [0, 0.1) is 0 Å². The summed E-state index contributed by atoms with van der Waals surface area (Å²) in [6.07, 6.45) is 4.76. The Morgan fingerprint density at radius 1 is 1.03 bits per heavy atom. The van der Waals surface area contributed by atoms with Gasteiger partial charge in [-0.05, 0) is 66.0 Å². The van der Waals surface area contributed by atoms with E-state index in [0.29, 0.717) is 10.9 Å². The van der Waals surface area contributed by atoms with Crippen molar-refractivity contribution in [1.29, 1.82) is 0 Å². The van der Waals surface area contributed by atoms with Crippen molar-refractivity contribution in [3.63, 3.8) is 0 Å². The number of aromatic amines is 1. The minimum Gasteiger partial charge on any atom is -0.344 e. The summed E-state index contributed by atoms with van der Waals surface area (Å²) in [4.78, 5) is 40.9. The first kappa shape index (κ1) is 21.4. The maximum absolute atomic E-state index is 13.0. The average molecular weight is 460 g/mol. The van der Waals surface area contributed by atoms with E-state index in [4.69, 9.17) is 0 Å². The van der Waals surface area contributed by atoms with Gasteiger partial charge in [-0.25, -0.2) is 4.79 Å². The van der Waals surface area contributed by atoms with Gasteiger partial charge in [-0.2, -0.15) is 0 Å². The van der Waals surface area contributed by atoms with Crippen LogP contribution in [0.4, 0.5) is 0 Å². The largest absolute Gasteiger partial charge is 0.344 e. The summed E-state index contributed by atoms with van der Waals surface area (Å²) in [5.74, 6) is -0.145. The maximum atomic E-state index is 13.0. The van der Waals surface area contributed by atoms with Gasteiger partial charge in [0.25, 0.3) is 5.56 Å². The third kappa shape index (κ3) is 4.41. The molecule has 1 unspecified atom stereocenters. The number of nitrogens with zero attached hydrogens (tertiary/aromatic N) is 1. The quantitative estimate of drug-likeness (QED) is 0.458. The number of amides is 1. The van der Waals surface area contributed by atoms with E-state index in [-0.39, 0.29) is 24.9 Å². The van der Waals surface area contributed by atoms with Crippen molar-refractivity contribution in [2.75, 3.05) is 0 Å². The summed E-state index contributed by atoms with van der Waals surface area (Å²) in [6, 6.07) is 17.3. The highest BCUT2D eigenvalue weighted by Crippen LogP contribution is 2.30. The fourth-order valence-electron chi connectivity index (χ4n) is 4.62. The predicted octanol–water partition coefficient (Wildman–Crippen LogP) is 3.93. The highest BCUT2D eigenvalue weighted by Gasteiger charge is 2.20. The molecule has 0 radical (unpaired) electrons. The number of carbonyl (C=O) groups is 1. The molecule has 2 aromatic carbocycles. The number of aryl methyl sites for hydroxylation is 3. The number of carbonyl (C=O) groups excluding carboxylic acids is 1. The average Bonchev–Trinajstić information content (AvgIpc) is 3.37. The summed E-state index contributed by atoms with van der Waals surface area (Å²) in [5, 5.41) is 5.62. The highest BCUT2D eigenvalue weighted by molar-refractivity contribution is 7.10. The zero-order chi connectivity index (χ0) is 22.8. The number of fused-ring (bicyclic) bond motifs is 2. The van der Waals surface area contributed by atoms with Gasteiger partial charge in [0.2, 0.25) is 5.91 Å². The number of hydrogen-bond donors (Lipinski definition) is 2. The van der Waals surface area contributed by atoms with Crippen molar-refractivity contribution < 1.29 is 4.79 Å². The van der Waals surface area contributed by atoms with E-state index in [9.17, 15) is 14.4 Å². The molecule has 168 valence electrons. The van der Waals surface area contributed by atoms with E-state index in [0.717, 1.165) is 23.3 Å². The SMILES string of the molecule is O=C(CCn1c(=O)[nH]c(=O)c2ccccc21)NC(c1ccc2c(c1)CCCC2)c1cccs1. The maximum Gasteiger partial charge on any atom is 0.328 e. The Bertz CT molecular complexity index is 1420. The fourth-order valence-corrected chi connectivity index (χ4v) is 5.42. The predicted molar refractivity (Wildman–Crippen MR) is 131 cm³/mol. The first-order valence-electron chi connectivity index (χ1n) is 11.3. The number of rotatable bonds is 6. The van der Waals surface area contributed by atoms with Gasteiger partial charge in [0.15, 0.2) is 0 Å². The second-order valence-corrected chi connectivity index (χ2v) is 9.41. The van der Waals surface area contributed by atoms with Gasteiger partial charge in [0.1, 0.15) is 0 Å². The van der Waals surface area contributed by atoms with Gasteiger partial charge in [0.05, 0.1) is 16.9 Å². The van der Waals surface area contributed by atoms with Crippen molar-refractivity contribution in [2.24, 2.45) is 0 Å². The number of thiophene rings is 1. The molecule has 7 heteroatoms. The molecule has 2 heterocycles. The second-order valence-electron chi connectivity index (χ2n) is 8.43. The van der Waals surface area contributed by atoms with Gasteiger partial charge in [0, 0.05) is 17.8 Å². The summed E-state index contributed by atoms with van der Waals surface area (Å²) >= 11 is 1.62. The Morgan fingerprint density at radius 2 is 1.85 bits per heavy atom. The molecule has 1 atom stereocenters. The number of para-hydroxylation sites is 1. The third-order valence-corrected chi connectivity index (χ3v) is 7.24. The molecule has 5 rings (SSSR count). The van der Waals surface area contributed by atoms with E-state index in [2.05, 4.69) is 28.5 Å². The Kier molecular flexibility index (Phi) is 5.96. The summed E-state index contributed by atoms with van der Waals surface area (Å²) in [7, 11) is 0. The van der Waals surface area contributed by atoms with Crippen LogP contribution in [0.1, 0.15) is 46.9 Å². The van der Waals surface area contributed by atoms with Crippen molar-refractivity contribution in [2.45, 2.75) is 44.7 Å². The molecule has 0 spiro atoms. The lowest BCUT2D eigenvalue weighted by Gasteiger charge is -2.22. The van der Waals surface area contributed by atoms with Crippen LogP contribution in [0.5, 0.6) is 0 Å².